The van der Waals surface area contributed by atoms with E-state index in [1.54, 1.807) is 7.11 Å². The molecule has 128 valence electrons. The van der Waals surface area contributed by atoms with E-state index in [0.29, 0.717) is 24.7 Å². The lowest BCUT2D eigenvalue weighted by Gasteiger charge is -2.27. The molecule has 5 nitrogen and oxygen atoms in total. The summed E-state index contributed by atoms with van der Waals surface area (Å²) < 4.78 is 10.8. The van der Waals surface area contributed by atoms with Gasteiger partial charge in [-0.2, -0.15) is 0 Å². The van der Waals surface area contributed by atoms with Crippen molar-refractivity contribution in [3.8, 4) is 11.5 Å². The molecule has 2 N–H and O–H groups in total. The summed E-state index contributed by atoms with van der Waals surface area (Å²) in [6.07, 6.45) is 3.39. The lowest BCUT2D eigenvalue weighted by atomic mass is 9.87. The largest absolute Gasteiger partial charge is 0.493 e. The highest BCUT2D eigenvalue weighted by molar-refractivity contribution is 5.74. The lowest BCUT2D eigenvalue weighted by Crippen LogP contribution is -2.46. The quantitative estimate of drug-likeness (QED) is 0.844. The Morgan fingerprint density at radius 2 is 2.13 bits per heavy atom. The van der Waals surface area contributed by atoms with Crippen LogP contribution in [0.5, 0.6) is 11.5 Å². The summed E-state index contributed by atoms with van der Waals surface area (Å²) in [6, 6.07) is 5.83. The molecule has 1 aliphatic carbocycles. The number of urea groups is 1. The van der Waals surface area contributed by atoms with Crippen LogP contribution in [0.15, 0.2) is 18.2 Å². The summed E-state index contributed by atoms with van der Waals surface area (Å²) in [6.45, 7) is 7.39. The molecule has 0 bridgehead atoms. The summed E-state index contributed by atoms with van der Waals surface area (Å²) >= 11 is 0. The first-order valence-corrected chi connectivity index (χ1v) is 8.30. The smallest absolute Gasteiger partial charge is 0.315 e. The summed E-state index contributed by atoms with van der Waals surface area (Å²) in [7, 11) is 1.62. The Kier molecular flexibility index (Phi) is 5.74. The van der Waals surface area contributed by atoms with Gasteiger partial charge in [0.25, 0.3) is 0 Å². The molecule has 23 heavy (non-hydrogen) atoms. The van der Waals surface area contributed by atoms with Gasteiger partial charge in [0.1, 0.15) is 0 Å². The van der Waals surface area contributed by atoms with E-state index < -0.39 is 0 Å². The first kappa shape index (κ1) is 17.4. The van der Waals surface area contributed by atoms with Crippen LogP contribution in [-0.2, 0) is 6.54 Å². The zero-order chi connectivity index (χ0) is 16.9. The topological polar surface area (TPSA) is 59.6 Å². The molecule has 0 radical (unpaired) electrons. The van der Waals surface area contributed by atoms with E-state index in [4.69, 9.17) is 9.47 Å². The maximum Gasteiger partial charge on any atom is 0.315 e. The second-order valence-corrected chi connectivity index (χ2v) is 6.68. The number of hydrogen-bond donors (Lipinski definition) is 2. The van der Waals surface area contributed by atoms with Gasteiger partial charge in [-0.15, -0.1) is 0 Å². The highest BCUT2D eigenvalue weighted by atomic mass is 16.5. The highest BCUT2D eigenvalue weighted by Crippen LogP contribution is 2.37. The molecule has 0 aliphatic heterocycles. The number of benzene rings is 1. The SMILES string of the molecule is CCOc1cc(CNC(=O)NC2CCCC2(C)C)ccc1OC. The number of amides is 2. The molecule has 1 saturated carbocycles. The van der Waals surface area contributed by atoms with Gasteiger partial charge in [0.15, 0.2) is 11.5 Å². The van der Waals surface area contributed by atoms with Crippen molar-refractivity contribution in [3.63, 3.8) is 0 Å². The fourth-order valence-electron chi connectivity index (χ4n) is 3.09. The van der Waals surface area contributed by atoms with E-state index in [2.05, 4.69) is 24.5 Å². The van der Waals surface area contributed by atoms with Crippen LogP contribution < -0.4 is 20.1 Å². The van der Waals surface area contributed by atoms with Gasteiger partial charge in [-0.05, 0) is 42.9 Å². The van der Waals surface area contributed by atoms with Crippen molar-refractivity contribution in [2.45, 2.75) is 52.6 Å². The van der Waals surface area contributed by atoms with E-state index in [9.17, 15) is 4.79 Å². The molecule has 5 heteroatoms. The van der Waals surface area contributed by atoms with Crippen LogP contribution in [0.2, 0.25) is 0 Å². The van der Waals surface area contributed by atoms with Crippen molar-refractivity contribution < 1.29 is 14.3 Å². The number of methoxy groups -OCH3 is 1. The van der Waals surface area contributed by atoms with Crippen LogP contribution in [0.1, 0.15) is 45.6 Å². The summed E-state index contributed by atoms with van der Waals surface area (Å²) in [5, 5.41) is 6.02. The van der Waals surface area contributed by atoms with Crippen molar-refractivity contribution in [2.75, 3.05) is 13.7 Å². The third kappa shape index (κ3) is 4.53. The van der Waals surface area contributed by atoms with E-state index in [0.717, 1.165) is 18.4 Å². The third-order valence-electron chi connectivity index (χ3n) is 4.54. The minimum absolute atomic E-state index is 0.112. The molecule has 2 amide bonds. The first-order chi connectivity index (χ1) is 11.0. The fraction of sp³-hybridized carbons (Fsp3) is 0.611. The Hall–Kier alpha value is -1.91. The van der Waals surface area contributed by atoms with Crippen molar-refractivity contribution in [3.05, 3.63) is 23.8 Å². The number of ether oxygens (including phenoxy) is 2. The van der Waals surface area contributed by atoms with Gasteiger partial charge in [0.2, 0.25) is 0 Å². The van der Waals surface area contributed by atoms with Gasteiger partial charge < -0.3 is 20.1 Å². The monoisotopic (exact) mass is 320 g/mol. The summed E-state index contributed by atoms with van der Waals surface area (Å²) in [4.78, 5) is 12.1. The molecule has 1 aromatic rings. The van der Waals surface area contributed by atoms with Crippen LogP contribution in [0.4, 0.5) is 4.79 Å². The maximum atomic E-state index is 12.1. The summed E-state index contributed by atoms with van der Waals surface area (Å²) in [5.41, 5.74) is 1.16. The van der Waals surface area contributed by atoms with Crippen molar-refractivity contribution >= 4 is 6.03 Å². The fourth-order valence-corrected chi connectivity index (χ4v) is 3.09. The van der Waals surface area contributed by atoms with E-state index in [1.165, 1.54) is 6.42 Å². The Bertz CT molecular complexity index is 543. The molecular formula is C18H28N2O3. The maximum absolute atomic E-state index is 12.1. The van der Waals surface area contributed by atoms with Crippen LogP contribution in [0.25, 0.3) is 0 Å². The predicted octanol–water partition coefficient (Wildman–Crippen LogP) is 3.47. The molecule has 0 spiro atoms. The van der Waals surface area contributed by atoms with Crippen molar-refractivity contribution in [1.29, 1.82) is 0 Å². The van der Waals surface area contributed by atoms with Gasteiger partial charge in [-0.3, -0.25) is 0 Å². The number of hydrogen-bond acceptors (Lipinski definition) is 3. The Morgan fingerprint density at radius 3 is 2.74 bits per heavy atom. The zero-order valence-electron chi connectivity index (χ0n) is 14.6. The second-order valence-electron chi connectivity index (χ2n) is 6.68. The van der Waals surface area contributed by atoms with Crippen LogP contribution in [-0.4, -0.2) is 25.8 Å². The normalized spacial score (nSPS) is 19.2. The van der Waals surface area contributed by atoms with Gasteiger partial charge in [-0.1, -0.05) is 26.3 Å². The zero-order valence-corrected chi connectivity index (χ0v) is 14.6. The molecule has 0 aromatic heterocycles. The standard InChI is InChI=1S/C18H28N2O3/c1-5-23-15-11-13(8-9-14(15)22-4)12-19-17(21)20-16-7-6-10-18(16,2)3/h8-9,11,16H,5-7,10,12H2,1-4H3,(H2,19,20,21). The Labute approximate surface area is 138 Å². The van der Waals surface area contributed by atoms with E-state index in [-0.39, 0.29) is 17.5 Å². The van der Waals surface area contributed by atoms with E-state index >= 15 is 0 Å². The lowest BCUT2D eigenvalue weighted by molar-refractivity contribution is 0.222. The highest BCUT2D eigenvalue weighted by Gasteiger charge is 2.35. The molecule has 1 aliphatic rings. The molecular weight excluding hydrogens is 292 g/mol. The molecule has 0 saturated heterocycles. The number of rotatable bonds is 6. The van der Waals surface area contributed by atoms with Crippen molar-refractivity contribution in [2.24, 2.45) is 5.41 Å². The Morgan fingerprint density at radius 1 is 1.35 bits per heavy atom. The number of nitrogens with one attached hydrogen (secondary N) is 2. The van der Waals surface area contributed by atoms with Crippen molar-refractivity contribution in [1.82, 2.24) is 10.6 Å². The summed E-state index contributed by atoms with van der Waals surface area (Å²) in [5.74, 6) is 1.40. The van der Waals surface area contributed by atoms with Gasteiger partial charge in [-0.25, -0.2) is 4.79 Å². The molecule has 1 aromatic carbocycles. The minimum atomic E-state index is -0.112. The van der Waals surface area contributed by atoms with Crippen LogP contribution in [0, 0.1) is 5.41 Å². The number of carbonyl (C=O) groups is 1. The van der Waals surface area contributed by atoms with Crippen LogP contribution >= 0.6 is 0 Å². The predicted molar refractivity (Wildman–Crippen MR) is 91.0 cm³/mol. The molecule has 1 unspecified atom stereocenters. The molecule has 1 fully saturated rings. The molecule has 1 atom stereocenters. The van der Waals surface area contributed by atoms with E-state index in [1.807, 2.05) is 25.1 Å². The minimum Gasteiger partial charge on any atom is -0.493 e. The third-order valence-corrected chi connectivity index (χ3v) is 4.54. The van der Waals surface area contributed by atoms with Gasteiger partial charge >= 0.3 is 6.03 Å². The van der Waals surface area contributed by atoms with Gasteiger partial charge in [0.05, 0.1) is 13.7 Å². The van der Waals surface area contributed by atoms with Gasteiger partial charge in [0, 0.05) is 12.6 Å². The number of carbonyl (C=O) groups excluding carboxylic acids is 1. The first-order valence-electron chi connectivity index (χ1n) is 8.30. The average Bonchev–Trinajstić information content (AvgIpc) is 2.84. The Balaban J connectivity index is 1.90. The second kappa shape index (κ2) is 7.57. The average molecular weight is 320 g/mol. The van der Waals surface area contributed by atoms with Crippen LogP contribution in [0.3, 0.4) is 0 Å². The molecule has 2 rings (SSSR count). The molecule has 0 heterocycles.